The first-order chi connectivity index (χ1) is 8.36. The zero-order valence-electron chi connectivity index (χ0n) is 9.72. The second kappa shape index (κ2) is 4.13. The van der Waals surface area contributed by atoms with Gasteiger partial charge in [-0.2, -0.15) is 0 Å². The van der Waals surface area contributed by atoms with E-state index in [1.165, 1.54) is 11.1 Å². The highest BCUT2D eigenvalue weighted by atomic mass is 16.5. The van der Waals surface area contributed by atoms with E-state index >= 15 is 0 Å². The fourth-order valence-corrected chi connectivity index (χ4v) is 2.21. The zero-order chi connectivity index (χ0) is 11.7. The molecule has 0 fully saturated rings. The predicted octanol–water partition coefficient (Wildman–Crippen LogP) is 3.37. The van der Waals surface area contributed by atoms with Crippen molar-refractivity contribution in [1.82, 2.24) is 0 Å². The van der Waals surface area contributed by atoms with Gasteiger partial charge in [0.15, 0.2) is 0 Å². The minimum atomic E-state index is 0.137. The summed E-state index contributed by atoms with van der Waals surface area (Å²) in [7, 11) is 1.69. The molecule has 0 saturated carbocycles. The van der Waals surface area contributed by atoms with Crippen LogP contribution in [0.3, 0.4) is 0 Å². The van der Waals surface area contributed by atoms with Gasteiger partial charge in [-0.25, -0.2) is 0 Å². The van der Waals surface area contributed by atoms with Crippen LogP contribution in [0.25, 0.3) is 0 Å². The average molecular weight is 226 g/mol. The molecule has 0 aliphatic carbocycles. The molecule has 1 heterocycles. The molecule has 3 rings (SSSR count). The molecule has 2 nitrogen and oxygen atoms in total. The van der Waals surface area contributed by atoms with Crippen LogP contribution in [0.4, 0.5) is 0 Å². The Morgan fingerprint density at radius 1 is 1.12 bits per heavy atom. The van der Waals surface area contributed by atoms with Crippen molar-refractivity contribution < 1.29 is 9.47 Å². The van der Waals surface area contributed by atoms with Gasteiger partial charge in [0.2, 0.25) is 0 Å². The molecule has 1 aliphatic heterocycles. The van der Waals surface area contributed by atoms with Crippen LogP contribution in [0.1, 0.15) is 17.2 Å². The minimum Gasteiger partial charge on any atom is -0.497 e. The van der Waals surface area contributed by atoms with Gasteiger partial charge in [0, 0.05) is 12.0 Å². The van der Waals surface area contributed by atoms with Crippen LogP contribution in [0.2, 0.25) is 0 Å². The van der Waals surface area contributed by atoms with Crippen LogP contribution in [-0.4, -0.2) is 7.11 Å². The molecule has 0 unspecified atom stereocenters. The van der Waals surface area contributed by atoms with Gasteiger partial charge in [-0.3, -0.25) is 0 Å². The Balaban J connectivity index is 1.88. The van der Waals surface area contributed by atoms with Gasteiger partial charge in [-0.1, -0.05) is 30.3 Å². The highest BCUT2D eigenvalue weighted by Gasteiger charge is 2.24. The van der Waals surface area contributed by atoms with Crippen LogP contribution in [0.5, 0.6) is 11.5 Å². The molecule has 1 aliphatic rings. The van der Waals surface area contributed by atoms with Crippen molar-refractivity contribution in [2.45, 2.75) is 12.5 Å². The van der Waals surface area contributed by atoms with E-state index < -0.39 is 0 Å². The van der Waals surface area contributed by atoms with Crippen molar-refractivity contribution in [3.8, 4) is 11.5 Å². The molecule has 0 saturated heterocycles. The molecule has 0 spiro atoms. The molecular formula is C15H14O2. The lowest BCUT2D eigenvalue weighted by Gasteiger charge is -2.10. The molecule has 0 N–H and O–H groups in total. The summed E-state index contributed by atoms with van der Waals surface area (Å²) in [5.74, 6) is 1.86. The van der Waals surface area contributed by atoms with Crippen molar-refractivity contribution in [2.24, 2.45) is 0 Å². The Morgan fingerprint density at radius 2 is 1.94 bits per heavy atom. The number of methoxy groups -OCH3 is 1. The van der Waals surface area contributed by atoms with E-state index in [1.807, 2.05) is 30.3 Å². The maximum atomic E-state index is 5.94. The largest absolute Gasteiger partial charge is 0.497 e. The minimum absolute atomic E-state index is 0.137. The van der Waals surface area contributed by atoms with Gasteiger partial charge >= 0.3 is 0 Å². The predicted molar refractivity (Wildman–Crippen MR) is 66.5 cm³/mol. The van der Waals surface area contributed by atoms with Gasteiger partial charge in [0.05, 0.1) is 7.11 Å². The van der Waals surface area contributed by atoms with Crippen molar-refractivity contribution >= 4 is 0 Å². The maximum Gasteiger partial charge on any atom is 0.128 e. The van der Waals surface area contributed by atoms with E-state index in [9.17, 15) is 0 Å². The van der Waals surface area contributed by atoms with Crippen molar-refractivity contribution in [1.29, 1.82) is 0 Å². The third-order valence-corrected chi connectivity index (χ3v) is 3.11. The monoisotopic (exact) mass is 226 g/mol. The summed E-state index contributed by atoms with van der Waals surface area (Å²) >= 11 is 0. The van der Waals surface area contributed by atoms with Crippen LogP contribution in [-0.2, 0) is 6.42 Å². The van der Waals surface area contributed by atoms with E-state index in [1.54, 1.807) is 7.11 Å². The first kappa shape index (κ1) is 10.2. The summed E-state index contributed by atoms with van der Waals surface area (Å²) in [6.07, 6.45) is 1.05. The summed E-state index contributed by atoms with van der Waals surface area (Å²) in [6.45, 7) is 0. The average Bonchev–Trinajstić information content (AvgIpc) is 2.82. The molecule has 86 valence electrons. The second-order valence-corrected chi connectivity index (χ2v) is 4.19. The SMILES string of the molecule is COc1ccc2c(c1)C[C@H](c1ccccc1)O2. The van der Waals surface area contributed by atoms with Crippen molar-refractivity contribution in [3.63, 3.8) is 0 Å². The smallest absolute Gasteiger partial charge is 0.128 e. The quantitative estimate of drug-likeness (QED) is 0.781. The van der Waals surface area contributed by atoms with Gasteiger partial charge in [-0.15, -0.1) is 0 Å². The summed E-state index contributed by atoms with van der Waals surface area (Å²) in [4.78, 5) is 0. The molecule has 1 atom stereocenters. The summed E-state index contributed by atoms with van der Waals surface area (Å²) in [5.41, 5.74) is 2.45. The molecule has 17 heavy (non-hydrogen) atoms. The standard InChI is InChI=1S/C15H14O2/c1-16-13-7-8-14-12(9-13)10-15(17-14)11-5-3-2-4-6-11/h2-9,15H,10H2,1H3/t15-/m1/s1. The first-order valence-corrected chi connectivity index (χ1v) is 5.75. The lowest BCUT2D eigenvalue weighted by molar-refractivity contribution is 0.238. The highest BCUT2D eigenvalue weighted by molar-refractivity contribution is 5.44. The molecule has 0 bridgehead atoms. The van der Waals surface area contributed by atoms with E-state index in [0.29, 0.717) is 0 Å². The molecule has 0 aromatic heterocycles. The first-order valence-electron chi connectivity index (χ1n) is 5.75. The van der Waals surface area contributed by atoms with E-state index in [-0.39, 0.29) is 6.10 Å². The molecule has 0 amide bonds. The normalized spacial score (nSPS) is 17.4. The zero-order valence-corrected chi connectivity index (χ0v) is 9.72. The number of benzene rings is 2. The van der Waals surface area contributed by atoms with Crippen LogP contribution in [0, 0.1) is 0 Å². The Kier molecular flexibility index (Phi) is 2.48. The fourth-order valence-electron chi connectivity index (χ4n) is 2.21. The second-order valence-electron chi connectivity index (χ2n) is 4.19. The lowest BCUT2D eigenvalue weighted by Crippen LogP contribution is -2.02. The van der Waals surface area contributed by atoms with E-state index in [2.05, 4.69) is 18.2 Å². The topological polar surface area (TPSA) is 18.5 Å². The molecule has 2 aromatic carbocycles. The summed E-state index contributed by atoms with van der Waals surface area (Å²) in [5, 5.41) is 0. The Labute approximate surface area is 101 Å². The van der Waals surface area contributed by atoms with Gasteiger partial charge in [-0.05, 0) is 23.8 Å². The summed E-state index contributed by atoms with van der Waals surface area (Å²) < 4.78 is 11.2. The third kappa shape index (κ3) is 1.86. The Hall–Kier alpha value is -1.96. The molecule has 0 radical (unpaired) electrons. The molecule has 2 heteroatoms. The fraction of sp³-hybridized carbons (Fsp3) is 0.200. The van der Waals surface area contributed by atoms with Crippen molar-refractivity contribution in [2.75, 3.05) is 7.11 Å². The van der Waals surface area contributed by atoms with Crippen molar-refractivity contribution in [3.05, 3.63) is 59.7 Å². The van der Waals surface area contributed by atoms with Crippen LogP contribution in [0.15, 0.2) is 48.5 Å². The number of rotatable bonds is 2. The highest BCUT2D eigenvalue weighted by Crippen LogP contribution is 2.38. The number of fused-ring (bicyclic) bond motifs is 1. The third-order valence-electron chi connectivity index (χ3n) is 3.11. The number of hydrogen-bond acceptors (Lipinski definition) is 2. The summed E-state index contributed by atoms with van der Waals surface area (Å²) in [6, 6.07) is 16.3. The molecular weight excluding hydrogens is 212 g/mol. The Bertz CT molecular complexity index is 520. The molecule has 2 aromatic rings. The maximum absolute atomic E-state index is 5.94. The van der Waals surface area contributed by atoms with E-state index in [4.69, 9.17) is 9.47 Å². The van der Waals surface area contributed by atoms with Crippen LogP contribution >= 0.6 is 0 Å². The lowest BCUT2D eigenvalue weighted by atomic mass is 10.0. The van der Waals surface area contributed by atoms with Crippen LogP contribution < -0.4 is 9.47 Å². The van der Waals surface area contributed by atoms with Gasteiger partial charge < -0.3 is 9.47 Å². The number of hydrogen-bond donors (Lipinski definition) is 0. The van der Waals surface area contributed by atoms with E-state index in [0.717, 1.165) is 17.9 Å². The Morgan fingerprint density at radius 3 is 2.71 bits per heavy atom. The number of ether oxygens (including phenoxy) is 2. The van der Waals surface area contributed by atoms with Gasteiger partial charge in [0.1, 0.15) is 17.6 Å². The van der Waals surface area contributed by atoms with Gasteiger partial charge in [0.25, 0.3) is 0 Å².